The summed E-state index contributed by atoms with van der Waals surface area (Å²) in [5.74, 6) is -1.75. The first kappa shape index (κ1) is 13.6. The quantitative estimate of drug-likeness (QED) is 0.371. The summed E-state index contributed by atoms with van der Waals surface area (Å²) < 4.78 is 18.2. The Morgan fingerprint density at radius 1 is 1.59 bits per heavy atom. The lowest BCUT2D eigenvalue weighted by molar-refractivity contribution is -0.388. The number of ether oxygens (including phenoxy) is 1. The third-order valence-corrected chi connectivity index (χ3v) is 2.58. The Morgan fingerprint density at radius 3 is 2.71 bits per heavy atom. The van der Waals surface area contributed by atoms with E-state index >= 15 is 0 Å². The van der Waals surface area contributed by atoms with Gasteiger partial charge in [0.05, 0.1) is 17.1 Å². The maximum atomic E-state index is 13.5. The Labute approximate surface area is 105 Å². The van der Waals surface area contributed by atoms with Crippen molar-refractivity contribution in [1.29, 1.82) is 0 Å². The van der Waals surface area contributed by atoms with Gasteiger partial charge in [0.2, 0.25) is 5.82 Å². The lowest BCUT2D eigenvalue weighted by Gasteiger charge is -2.05. The van der Waals surface area contributed by atoms with Gasteiger partial charge in [-0.2, -0.15) is 4.39 Å². The minimum absolute atomic E-state index is 0.0376. The minimum atomic E-state index is -1.05. The molecule has 0 amide bonds. The average molecular weight is 306 g/mol. The van der Waals surface area contributed by atoms with Crippen LogP contribution in [0.25, 0.3) is 0 Å². The van der Waals surface area contributed by atoms with Gasteiger partial charge in [-0.1, -0.05) is 15.9 Å². The van der Waals surface area contributed by atoms with Crippen LogP contribution in [0.3, 0.4) is 0 Å². The van der Waals surface area contributed by atoms with Crippen molar-refractivity contribution in [2.45, 2.75) is 12.3 Å². The molecule has 0 aliphatic carbocycles. The smallest absolute Gasteiger partial charge is 0.338 e. The maximum Gasteiger partial charge on any atom is 0.338 e. The van der Waals surface area contributed by atoms with Crippen LogP contribution >= 0.6 is 15.9 Å². The van der Waals surface area contributed by atoms with Crippen molar-refractivity contribution in [3.05, 3.63) is 39.2 Å². The number of alkyl halides is 1. The Morgan fingerprint density at radius 2 is 2.24 bits per heavy atom. The van der Waals surface area contributed by atoms with Crippen molar-refractivity contribution in [1.82, 2.24) is 0 Å². The van der Waals surface area contributed by atoms with Gasteiger partial charge in [0, 0.05) is 10.9 Å². The standard InChI is InChI=1S/C10H9BrFNO4/c1-2-17-10(14)6-3-7(5-11)9(13(15)16)8(12)4-6/h3-4H,2,5H2,1H3. The minimum Gasteiger partial charge on any atom is -0.462 e. The van der Waals surface area contributed by atoms with Crippen molar-refractivity contribution in [3.63, 3.8) is 0 Å². The lowest BCUT2D eigenvalue weighted by Crippen LogP contribution is -2.07. The van der Waals surface area contributed by atoms with Crippen LogP contribution in [-0.4, -0.2) is 17.5 Å². The zero-order valence-electron chi connectivity index (χ0n) is 8.91. The van der Waals surface area contributed by atoms with Crippen LogP contribution in [0.2, 0.25) is 0 Å². The summed E-state index contributed by atoms with van der Waals surface area (Å²) in [6, 6.07) is 2.05. The van der Waals surface area contributed by atoms with E-state index < -0.39 is 22.4 Å². The van der Waals surface area contributed by atoms with Gasteiger partial charge in [0.15, 0.2) is 0 Å². The molecule has 0 N–H and O–H groups in total. The van der Waals surface area contributed by atoms with E-state index in [0.29, 0.717) is 0 Å². The Balaban J connectivity index is 3.27. The summed E-state index contributed by atoms with van der Waals surface area (Å²) in [4.78, 5) is 21.2. The number of hydrogen-bond acceptors (Lipinski definition) is 4. The number of nitrogens with zero attached hydrogens (tertiary/aromatic N) is 1. The molecule has 1 rings (SSSR count). The van der Waals surface area contributed by atoms with Crippen molar-refractivity contribution in [3.8, 4) is 0 Å². The van der Waals surface area contributed by atoms with E-state index in [1.54, 1.807) is 6.92 Å². The van der Waals surface area contributed by atoms with E-state index in [1.807, 2.05) is 0 Å². The average Bonchev–Trinajstić information content (AvgIpc) is 2.27. The number of halogens is 2. The second-order valence-corrected chi connectivity index (χ2v) is 3.64. The lowest BCUT2D eigenvalue weighted by atomic mass is 10.1. The van der Waals surface area contributed by atoms with Crippen LogP contribution in [0.4, 0.5) is 10.1 Å². The number of nitro groups is 1. The highest BCUT2D eigenvalue weighted by atomic mass is 79.9. The molecular formula is C10H9BrFNO4. The predicted octanol–water partition coefficient (Wildman–Crippen LogP) is 2.81. The second-order valence-electron chi connectivity index (χ2n) is 3.08. The topological polar surface area (TPSA) is 69.4 Å². The Bertz CT molecular complexity index is 464. The molecule has 7 heteroatoms. The van der Waals surface area contributed by atoms with Crippen LogP contribution < -0.4 is 0 Å². The summed E-state index contributed by atoms with van der Waals surface area (Å²) in [5, 5.41) is 10.7. The first-order valence-corrected chi connectivity index (χ1v) is 5.83. The molecule has 0 aromatic heterocycles. The van der Waals surface area contributed by atoms with Gasteiger partial charge in [-0.25, -0.2) is 4.79 Å². The molecule has 0 aliphatic rings. The molecule has 0 bridgehead atoms. The van der Waals surface area contributed by atoms with E-state index in [-0.39, 0.29) is 23.1 Å². The van der Waals surface area contributed by atoms with E-state index in [1.165, 1.54) is 6.07 Å². The molecule has 1 aromatic rings. The van der Waals surface area contributed by atoms with Gasteiger partial charge in [-0.3, -0.25) is 10.1 Å². The highest BCUT2D eigenvalue weighted by Gasteiger charge is 2.23. The molecular weight excluding hydrogens is 297 g/mol. The predicted molar refractivity (Wildman–Crippen MR) is 61.6 cm³/mol. The number of carbonyl (C=O) groups is 1. The van der Waals surface area contributed by atoms with Gasteiger partial charge >= 0.3 is 11.7 Å². The molecule has 1 aromatic carbocycles. The third-order valence-electron chi connectivity index (χ3n) is 1.98. The fourth-order valence-corrected chi connectivity index (χ4v) is 1.72. The first-order valence-electron chi connectivity index (χ1n) is 4.71. The van der Waals surface area contributed by atoms with Gasteiger partial charge in [-0.05, 0) is 19.1 Å². The monoisotopic (exact) mass is 305 g/mol. The molecule has 17 heavy (non-hydrogen) atoms. The molecule has 0 unspecified atom stereocenters. The normalized spacial score (nSPS) is 10.1. The molecule has 0 aliphatic heterocycles. The fraction of sp³-hybridized carbons (Fsp3) is 0.300. The molecule has 0 radical (unpaired) electrons. The van der Waals surface area contributed by atoms with Crippen LogP contribution in [0.15, 0.2) is 12.1 Å². The molecule has 5 nitrogen and oxygen atoms in total. The largest absolute Gasteiger partial charge is 0.462 e. The molecule has 0 fully saturated rings. The highest BCUT2D eigenvalue weighted by molar-refractivity contribution is 9.08. The number of hydrogen-bond donors (Lipinski definition) is 0. The number of nitro benzene ring substituents is 1. The molecule has 92 valence electrons. The zero-order valence-corrected chi connectivity index (χ0v) is 10.5. The van der Waals surface area contributed by atoms with Gasteiger partial charge < -0.3 is 4.74 Å². The van der Waals surface area contributed by atoms with Crippen LogP contribution in [0.1, 0.15) is 22.8 Å². The third kappa shape index (κ3) is 3.00. The van der Waals surface area contributed by atoms with Gasteiger partial charge in [-0.15, -0.1) is 0 Å². The number of rotatable bonds is 4. The number of benzene rings is 1. The summed E-state index contributed by atoms with van der Waals surface area (Å²) in [6.07, 6.45) is 0. The van der Waals surface area contributed by atoms with E-state index in [2.05, 4.69) is 15.9 Å². The van der Waals surface area contributed by atoms with Crippen molar-refractivity contribution in [2.75, 3.05) is 6.61 Å². The molecule has 0 saturated heterocycles. The highest BCUT2D eigenvalue weighted by Crippen LogP contribution is 2.26. The number of esters is 1. The van der Waals surface area contributed by atoms with E-state index in [9.17, 15) is 19.3 Å². The van der Waals surface area contributed by atoms with Crippen molar-refractivity contribution in [2.24, 2.45) is 0 Å². The van der Waals surface area contributed by atoms with Crippen LogP contribution in [0.5, 0.6) is 0 Å². The molecule has 0 saturated carbocycles. The van der Waals surface area contributed by atoms with Gasteiger partial charge in [0.1, 0.15) is 0 Å². The summed E-state index contributed by atoms with van der Waals surface area (Å²) >= 11 is 3.01. The summed E-state index contributed by atoms with van der Waals surface area (Å²) in [5.41, 5.74) is -0.572. The van der Waals surface area contributed by atoms with Crippen LogP contribution in [0, 0.1) is 15.9 Å². The van der Waals surface area contributed by atoms with Crippen LogP contribution in [-0.2, 0) is 10.1 Å². The molecule has 0 spiro atoms. The first-order chi connectivity index (χ1) is 8.01. The van der Waals surface area contributed by atoms with E-state index in [0.717, 1.165) is 6.07 Å². The van der Waals surface area contributed by atoms with E-state index in [4.69, 9.17) is 4.74 Å². The summed E-state index contributed by atoms with van der Waals surface area (Å²) in [7, 11) is 0. The number of carbonyl (C=O) groups excluding carboxylic acids is 1. The molecule has 0 heterocycles. The maximum absolute atomic E-state index is 13.5. The fourth-order valence-electron chi connectivity index (χ4n) is 1.29. The summed E-state index contributed by atoms with van der Waals surface area (Å²) in [6.45, 7) is 1.77. The molecule has 0 atom stereocenters. The van der Waals surface area contributed by atoms with Crippen molar-refractivity contribution >= 4 is 27.6 Å². The Kier molecular flexibility index (Phi) is 4.56. The van der Waals surface area contributed by atoms with Gasteiger partial charge in [0.25, 0.3) is 0 Å². The SMILES string of the molecule is CCOC(=O)c1cc(F)c([N+](=O)[O-])c(CBr)c1. The Hall–Kier alpha value is -1.50. The zero-order chi connectivity index (χ0) is 13.0. The van der Waals surface area contributed by atoms with Crippen molar-refractivity contribution < 1.29 is 18.8 Å². The second kappa shape index (κ2) is 5.72.